The summed E-state index contributed by atoms with van der Waals surface area (Å²) in [6.45, 7) is -1.09. The van der Waals surface area contributed by atoms with Crippen LogP contribution >= 0.6 is 23.5 Å². The average molecular weight is 525 g/mol. The number of phosphoric ester groups is 1. The van der Waals surface area contributed by atoms with Gasteiger partial charge in [0.2, 0.25) is 11.6 Å². The molecule has 18 nitrogen and oxygen atoms in total. The lowest BCUT2D eigenvalue weighted by Gasteiger charge is -2.19. The summed E-state index contributed by atoms with van der Waals surface area (Å²) >= 11 is 0. The number of rotatable bonds is 8. The van der Waals surface area contributed by atoms with E-state index in [1.54, 1.807) is 0 Å². The number of halogens is 1. The van der Waals surface area contributed by atoms with E-state index >= 15 is 0 Å². The number of ether oxygens (including phenoxy) is 1. The third kappa shape index (κ3) is 5.66. The summed E-state index contributed by atoms with van der Waals surface area (Å²) < 4.78 is 65.8. The first kappa shape index (κ1) is 25.0. The maximum absolute atomic E-state index is 14.6. The third-order valence-corrected chi connectivity index (χ3v) is 7.65. The van der Waals surface area contributed by atoms with E-state index in [2.05, 4.69) is 28.2 Å². The lowest BCUT2D eigenvalue weighted by molar-refractivity contribution is -0.0235. The van der Waals surface area contributed by atoms with E-state index in [9.17, 15) is 32.9 Å². The highest BCUT2D eigenvalue weighted by atomic mass is 31.3. The van der Waals surface area contributed by atoms with Crippen LogP contribution in [0.5, 0.6) is 0 Å². The zero-order valence-corrected chi connectivity index (χ0v) is 17.9. The van der Waals surface area contributed by atoms with Crippen LogP contribution in [-0.2, 0) is 31.6 Å². The standard InChI is InChI=1S/C10H15FN5O13P3/c11-5-6(17)4(2-26-31(22,23)29-32(24,25)28-30(19,20)21)27-7(5)3-1-13-8-9(18)14-10(12)15-16(3)8/h1,4-7,17H,2H2,(H,22,23)(H,24,25)(H2,19,20,21)(H3,12,14,15,18)/t4-,5-,6-,7?/m1/s1. The number of nitrogens with two attached hydrogens (primary N) is 1. The minimum atomic E-state index is -5.76. The number of anilines is 1. The molecule has 1 saturated heterocycles. The molecule has 0 aliphatic carbocycles. The number of nitrogen functional groups attached to an aromatic ring is 1. The fourth-order valence-electron chi connectivity index (χ4n) is 2.69. The Balaban J connectivity index is 1.72. The van der Waals surface area contributed by atoms with Crippen LogP contribution in [0.1, 0.15) is 11.8 Å². The van der Waals surface area contributed by atoms with Crippen LogP contribution in [-0.4, -0.2) is 69.2 Å². The van der Waals surface area contributed by atoms with Gasteiger partial charge in [-0.2, -0.15) is 8.62 Å². The second-order valence-corrected chi connectivity index (χ2v) is 10.6. The molecule has 3 unspecified atom stereocenters. The Hall–Kier alpha value is -1.59. The van der Waals surface area contributed by atoms with Gasteiger partial charge in [0.25, 0.3) is 5.56 Å². The van der Waals surface area contributed by atoms with Gasteiger partial charge in [-0.05, 0) is 0 Å². The van der Waals surface area contributed by atoms with Crippen molar-refractivity contribution in [3.63, 3.8) is 0 Å². The van der Waals surface area contributed by atoms with Crippen molar-refractivity contribution in [2.45, 2.75) is 24.5 Å². The molecule has 8 N–H and O–H groups in total. The zero-order valence-electron chi connectivity index (χ0n) is 15.2. The first-order valence-electron chi connectivity index (χ1n) is 8.08. The van der Waals surface area contributed by atoms with Crippen molar-refractivity contribution in [1.29, 1.82) is 0 Å². The number of H-pyrrole nitrogens is 1. The van der Waals surface area contributed by atoms with Gasteiger partial charge in [0.15, 0.2) is 6.17 Å². The van der Waals surface area contributed by atoms with Crippen LogP contribution < -0.4 is 11.3 Å². The van der Waals surface area contributed by atoms with Crippen LogP contribution in [0.2, 0.25) is 0 Å². The van der Waals surface area contributed by atoms with E-state index in [0.29, 0.717) is 0 Å². The molecule has 0 spiro atoms. The Bertz CT molecular complexity index is 1210. The summed E-state index contributed by atoms with van der Waals surface area (Å²) in [5, 5.41) is 13.8. The molecule has 0 bridgehead atoms. The Labute approximate surface area is 175 Å². The summed E-state index contributed by atoms with van der Waals surface area (Å²) in [4.78, 5) is 53.2. The number of aromatic amines is 1. The lowest BCUT2D eigenvalue weighted by Crippen LogP contribution is -2.31. The molecule has 1 fully saturated rings. The number of phosphoric acid groups is 3. The van der Waals surface area contributed by atoms with Crippen LogP contribution in [0.4, 0.5) is 10.3 Å². The van der Waals surface area contributed by atoms with Gasteiger partial charge in [0.05, 0.1) is 18.5 Å². The number of hydrogen-bond acceptors (Lipinski definition) is 12. The quantitative estimate of drug-likeness (QED) is 0.193. The topological polar surface area (TPSA) is 278 Å². The number of alkyl halides is 1. The largest absolute Gasteiger partial charge is 0.490 e. The van der Waals surface area contributed by atoms with E-state index in [1.807, 2.05) is 0 Å². The van der Waals surface area contributed by atoms with Gasteiger partial charge in [0.1, 0.15) is 18.3 Å². The van der Waals surface area contributed by atoms with E-state index in [-0.39, 0.29) is 17.3 Å². The molecule has 1 aliphatic heterocycles. The number of aliphatic hydroxyl groups excluding tert-OH is 1. The van der Waals surface area contributed by atoms with Gasteiger partial charge >= 0.3 is 23.5 Å². The van der Waals surface area contributed by atoms with Crippen molar-refractivity contribution in [1.82, 2.24) is 19.6 Å². The molecular weight excluding hydrogens is 510 g/mol. The van der Waals surface area contributed by atoms with Crippen LogP contribution in [0.15, 0.2) is 11.0 Å². The summed E-state index contributed by atoms with van der Waals surface area (Å²) in [7, 11) is -16.9. The van der Waals surface area contributed by atoms with E-state index in [1.165, 1.54) is 0 Å². The molecule has 0 amide bonds. The van der Waals surface area contributed by atoms with Crippen molar-refractivity contribution < 1.29 is 60.6 Å². The molecule has 180 valence electrons. The van der Waals surface area contributed by atoms with E-state index in [4.69, 9.17) is 25.2 Å². The first-order valence-corrected chi connectivity index (χ1v) is 12.6. The highest BCUT2D eigenvalue weighted by Crippen LogP contribution is 2.66. The van der Waals surface area contributed by atoms with Crippen molar-refractivity contribution in [3.05, 3.63) is 22.2 Å². The molecule has 3 heterocycles. The summed E-state index contributed by atoms with van der Waals surface area (Å²) in [5.74, 6) is -0.333. The molecule has 2 aromatic rings. The Kier molecular flexibility index (Phi) is 6.76. The van der Waals surface area contributed by atoms with Gasteiger partial charge in [-0.3, -0.25) is 14.3 Å². The number of nitrogens with one attached hydrogen (secondary N) is 1. The van der Waals surface area contributed by atoms with Crippen molar-refractivity contribution >= 4 is 35.1 Å². The highest BCUT2D eigenvalue weighted by molar-refractivity contribution is 7.66. The number of imidazole rings is 1. The van der Waals surface area contributed by atoms with Gasteiger partial charge in [-0.1, -0.05) is 0 Å². The van der Waals surface area contributed by atoms with Gasteiger partial charge in [-0.25, -0.2) is 27.6 Å². The van der Waals surface area contributed by atoms with Gasteiger partial charge in [-0.15, -0.1) is 5.10 Å². The smallest absolute Gasteiger partial charge is 0.387 e. The molecule has 0 saturated carbocycles. The second-order valence-electron chi connectivity index (χ2n) is 6.17. The van der Waals surface area contributed by atoms with Crippen LogP contribution in [0.25, 0.3) is 5.65 Å². The zero-order chi connectivity index (χ0) is 24.1. The summed E-state index contributed by atoms with van der Waals surface area (Å²) in [6.07, 6.45) is -6.36. The Morgan fingerprint density at radius 3 is 2.50 bits per heavy atom. The SMILES string of the molecule is Nc1nn2c(C3O[C@H](COP(=O)(O)OP(=O)(O)OP(=O)(O)O)[C@@H](O)[C@H]3F)cnc2c(=O)[nH]1. The monoisotopic (exact) mass is 525 g/mol. The van der Waals surface area contributed by atoms with Gasteiger partial charge in [0, 0.05) is 0 Å². The molecule has 2 aromatic heterocycles. The first-order chi connectivity index (χ1) is 14.6. The fourth-order valence-corrected chi connectivity index (χ4v) is 5.72. The summed E-state index contributed by atoms with van der Waals surface area (Å²) in [6, 6.07) is 0. The maximum Gasteiger partial charge on any atom is 0.490 e. The molecular formula is C10H15FN5O13P3. The summed E-state index contributed by atoms with van der Waals surface area (Å²) in [5.41, 5.74) is 4.27. The molecule has 0 radical (unpaired) electrons. The maximum atomic E-state index is 14.6. The molecule has 0 aromatic carbocycles. The van der Waals surface area contributed by atoms with Crippen LogP contribution in [0, 0.1) is 0 Å². The minimum Gasteiger partial charge on any atom is -0.387 e. The molecule has 3 rings (SSSR count). The fraction of sp³-hybridized carbons (Fsp3) is 0.500. The van der Waals surface area contributed by atoms with E-state index < -0.39 is 60.1 Å². The predicted octanol–water partition coefficient (Wildman–Crippen LogP) is -1.52. The highest BCUT2D eigenvalue weighted by Gasteiger charge is 2.48. The molecule has 6 atom stereocenters. The number of hydrogen-bond donors (Lipinski definition) is 7. The molecule has 22 heteroatoms. The normalized spacial score (nSPS) is 27.9. The Morgan fingerprint density at radius 2 is 1.88 bits per heavy atom. The lowest BCUT2D eigenvalue weighted by atomic mass is 10.1. The minimum absolute atomic E-state index is 0.148. The van der Waals surface area contributed by atoms with Crippen molar-refractivity contribution in [2.75, 3.05) is 12.3 Å². The third-order valence-electron chi connectivity index (χ3n) is 3.84. The number of aromatic nitrogens is 4. The number of nitrogens with zero attached hydrogens (tertiary/aromatic N) is 3. The number of aliphatic hydroxyl groups is 1. The molecule has 1 aliphatic rings. The van der Waals surface area contributed by atoms with Crippen molar-refractivity contribution in [2.24, 2.45) is 0 Å². The van der Waals surface area contributed by atoms with Crippen LogP contribution in [0.3, 0.4) is 0 Å². The van der Waals surface area contributed by atoms with Gasteiger partial charge < -0.3 is 35.2 Å². The molecule has 32 heavy (non-hydrogen) atoms. The van der Waals surface area contributed by atoms with Crippen molar-refractivity contribution in [3.8, 4) is 0 Å². The number of fused-ring (bicyclic) bond motifs is 1. The average Bonchev–Trinajstić information content (AvgIpc) is 3.12. The van der Waals surface area contributed by atoms with E-state index in [0.717, 1.165) is 10.7 Å². The Morgan fingerprint density at radius 1 is 1.22 bits per heavy atom. The predicted molar refractivity (Wildman–Crippen MR) is 96.4 cm³/mol. The second kappa shape index (κ2) is 8.64.